The van der Waals surface area contributed by atoms with Crippen molar-refractivity contribution < 1.29 is 9.53 Å². The first-order chi connectivity index (χ1) is 13.0. The minimum Gasteiger partial charge on any atom is -0.462 e. The maximum Gasteiger partial charge on any atom is 0.306 e. The minimum atomic E-state index is 0. The van der Waals surface area contributed by atoms with Gasteiger partial charge < -0.3 is 4.74 Å². The smallest absolute Gasteiger partial charge is 0.306 e. The highest BCUT2D eigenvalue weighted by Crippen LogP contribution is 2.66. The van der Waals surface area contributed by atoms with Gasteiger partial charge in [0.25, 0.3) is 0 Å². The van der Waals surface area contributed by atoms with Crippen molar-refractivity contribution in [3.63, 3.8) is 0 Å². The topological polar surface area (TPSA) is 39.2 Å². The number of ether oxygens (including phenoxy) is 1. The lowest BCUT2D eigenvalue weighted by atomic mass is 9.48. The van der Waals surface area contributed by atoms with Gasteiger partial charge >= 0.3 is 5.97 Å². The Morgan fingerprint density at radius 3 is 2.64 bits per heavy atom. The van der Waals surface area contributed by atoms with Crippen molar-refractivity contribution in [2.24, 2.45) is 28.6 Å². The Labute approximate surface area is 176 Å². The zero-order valence-corrected chi connectivity index (χ0v) is 18.7. The maximum absolute atomic E-state index is 12.0. The van der Waals surface area contributed by atoms with Gasteiger partial charge in [0.1, 0.15) is 6.10 Å². The Morgan fingerprint density at radius 1 is 1.14 bits per heavy atom. The van der Waals surface area contributed by atoms with Crippen LogP contribution in [0, 0.1) is 28.6 Å². The quantitative estimate of drug-likeness (QED) is 0.561. The van der Waals surface area contributed by atoms with E-state index in [2.05, 4.69) is 31.0 Å². The zero-order valence-electron chi connectivity index (χ0n) is 17.7. The van der Waals surface area contributed by atoms with Crippen molar-refractivity contribution in [2.75, 3.05) is 0 Å². The van der Waals surface area contributed by atoms with Crippen molar-refractivity contribution in [3.05, 3.63) is 36.2 Å². The third-order valence-electron chi connectivity index (χ3n) is 8.13. The first-order valence-electron chi connectivity index (χ1n) is 10.8. The van der Waals surface area contributed by atoms with Gasteiger partial charge in [0.15, 0.2) is 0 Å². The van der Waals surface area contributed by atoms with Gasteiger partial charge in [-0.05, 0) is 72.5 Å². The summed E-state index contributed by atoms with van der Waals surface area (Å²) in [6, 6.07) is 4.26. The Balaban J connectivity index is 0.000000728. The summed E-state index contributed by atoms with van der Waals surface area (Å²) in [7, 11) is 0. The highest BCUT2D eigenvalue weighted by atomic mass is 32.1. The minimum absolute atomic E-state index is 0. The van der Waals surface area contributed by atoms with E-state index in [0.29, 0.717) is 18.3 Å². The summed E-state index contributed by atoms with van der Waals surface area (Å²) < 4.78 is 5.68. The lowest BCUT2D eigenvalue weighted by molar-refractivity contribution is -0.144. The van der Waals surface area contributed by atoms with Crippen LogP contribution in [0.1, 0.15) is 71.8 Å². The van der Waals surface area contributed by atoms with Gasteiger partial charge in [0.05, 0.1) is 6.42 Å². The molecule has 2 heterocycles. The van der Waals surface area contributed by atoms with E-state index in [4.69, 9.17) is 4.74 Å². The van der Waals surface area contributed by atoms with E-state index in [9.17, 15) is 4.79 Å². The molecule has 3 aliphatic carbocycles. The molecule has 28 heavy (non-hydrogen) atoms. The molecule has 4 heteroatoms. The summed E-state index contributed by atoms with van der Waals surface area (Å²) >= 11 is 0. The Morgan fingerprint density at radius 2 is 1.93 bits per heavy atom. The van der Waals surface area contributed by atoms with E-state index in [1.54, 1.807) is 0 Å². The molecule has 0 spiro atoms. The fourth-order valence-electron chi connectivity index (χ4n) is 6.91. The fraction of sp³-hybridized carbons (Fsp3) is 0.667. The number of hydrogen-bond acceptors (Lipinski definition) is 3. The standard InChI is InChI=1S/C22H27NO2.C2H6.H2S/c1-21-10-9-18-15(5-8-19-22(18,2)12-20(24)25-19)17(21)7-6-16(21)14-4-3-11-23-13-14;1-2;/h3-4,6,11,13,15,17-19H,5,7-10,12H2,1-2H3;1-2H3;1H2/t15-,17-,18-,19?,21+,22+;;/m0../s1. The lowest BCUT2D eigenvalue weighted by Crippen LogP contribution is -2.51. The van der Waals surface area contributed by atoms with E-state index in [0.717, 1.165) is 12.3 Å². The molecule has 6 atom stereocenters. The first kappa shape index (κ1) is 21.4. The number of rotatable bonds is 1. The number of pyridine rings is 1. The Bertz CT molecular complexity index is 748. The van der Waals surface area contributed by atoms with Gasteiger partial charge in [-0.15, -0.1) is 0 Å². The third-order valence-corrected chi connectivity index (χ3v) is 8.13. The van der Waals surface area contributed by atoms with Crippen molar-refractivity contribution in [1.82, 2.24) is 4.98 Å². The van der Waals surface area contributed by atoms with Crippen molar-refractivity contribution in [2.45, 2.75) is 72.3 Å². The summed E-state index contributed by atoms with van der Waals surface area (Å²) in [5.41, 5.74) is 3.13. The van der Waals surface area contributed by atoms with Gasteiger partial charge in [-0.2, -0.15) is 13.5 Å². The van der Waals surface area contributed by atoms with Crippen LogP contribution in [0.2, 0.25) is 0 Å². The van der Waals surface area contributed by atoms with Gasteiger partial charge in [0.2, 0.25) is 0 Å². The Kier molecular flexibility index (Phi) is 6.01. The molecule has 154 valence electrons. The monoisotopic (exact) mass is 401 g/mol. The van der Waals surface area contributed by atoms with Crippen LogP contribution in [0.4, 0.5) is 0 Å². The normalized spacial score (nSPS) is 40.6. The van der Waals surface area contributed by atoms with E-state index in [1.165, 1.54) is 36.8 Å². The number of carbonyl (C=O) groups excluding carboxylic acids is 1. The molecule has 0 aromatic carbocycles. The fourth-order valence-corrected chi connectivity index (χ4v) is 6.91. The summed E-state index contributed by atoms with van der Waals surface area (Å²) in [4.78, 5) is 16.3. The molecule has 5 rings (SSSR count). The molecule has 0 bridgehead atoms. The van der Waals surface area contributed by atoms with E-state index < -0.39 is 0 Å². The zero-order chi connectivity index (χ0) is 19.2. The lowest BCUT2D eigenvalue weighted by Gasteiger charge is -2.56. The third kappa shape index (κ3) is 3.03. The predicted molar refractivity (Wildman–Crippen MR) is 118 cm³/mol. The summed E-state index contributed by atoms with van der Waals surface area (Å²) in [5, 5.41) is 0. The largest absolute Gasteiger partial charge is 0.462 e. The van der Waals surface area contributed by atoms with E-state index in [1.807, 2.05) is 32.3 Å². The van der Waals surface area contributed by atoms with Crippen molar-refractivity contribution in [1.29, 1.82) is 0 Å². The summed E-state index contributed by atoms with van der Waals surface area (Å²) in [6.45, 7) is 8.80. The van der Waals surface area contributed by atoms with Gasteiger partial charge in [-0.1, -0.05) is 39.8 Å². The van der Waals surface area contributed by atoms with Crippen molar-refractivity contribution >= 4 is 25.0 Å². The van der Waals surface area contributed by atoms with Crippen LogP contribution < -0.4 is 0 Å². The Hall–Kier alpha value is -1.29. The van der Waals surface area contributed by atoms with Crippen LogP contribution in [0.3, 0.4) is 0 Å². The molecule has 4 aliphatic rings. The molecule has 3 fully saturated rings. The maximum atomic E-state index is 12.0. The number of hydrogen-bond donors (Lipinski definition) is 0. The predicted octanol–water partition coefficient (Wildman–Crippen LogP) is 5.77. The van der Waals surface area contributed by atoms with Crippen LogP contribution >= 0.6 is 13.5 Å². The summed E-state index contributed by atoms with van der Waals surface area (Å²) in [6.07, 6.45) is 13.0. The molecule has 0 radical (unpaired) electrons. The van der Waals surface area contributed by atoms with Crippen LogP contribution in [0.25, 0.3) is 5.57 Å². The molecule has 3 nitrogen and oxygen atoms in total. The van der Waals surface area contributed by atoms with Crippen LogP contribution in [0.5, 0.6) is 0 Å². The molecular formula is C24H35NO2S. The molecule has 1 unspecified atom stereocenters. The van der Waals surface area contributed by atoms with Gasteiger partial charge in [0, 0.05) is 17.8 Å². The number of esters is 1. The molecular weight excluding hydrogens is 366 g/mol. The molecule has 0 N–H and O–H groups in total. The van der Waals surface area contributed by atoms with Crippen molar-refractivity contribution in [3.8, 4) is 0 Å². The average Bonchev–Trinajstić information content (AvgIpc) is 3.19. The number of aromatic nitrogens is 1. The SMILES string of the molecule is CC.C[C@]12CC(=O)OC1CC[C@@H]1[C@@H]2CC[C@]2(C)C(c3cccnc3)=CC[C@@H]12.S. The van der Waals surface area contributed by atoms with Crippen LogP contribution in [-0.4, -0.2) is 17.1 Å². The highest BCUT2D eigenvalue weighted by molar-refractivity contribution is 7.59. The molecule has 2 saturated carbocycles. The average molecular weight is 402 g/mol. The molecule has 1 saturated heterocycles. The van der Waals surface area contributed by atoms with Crippen LogP contribution in [-0.2, 0) is 9.53 Å². The number of fused-ring (bicyclic) bond motifs is 5. The van der Waals surface area contributed by atoms with E-state index >= 15 is 0 Å². The molecule has 1 aliphatic heterocycles. The second-order valence-corrected chi connectivity index (χ2v) is 9.17. The molecule has 1 aromatic rings. The second kappa shape index (κ2) is 7.85. The van der Waals surface area contributed by atoms with Gasteiger partial charge in [-0.25, -0.2) is 0 Å². The molecule has 1 aromatic heterocycles. The highest BCUT2D eigenvalue weighted by Gasteiger charge is 2.61. The second-order valence-electron chi connectivity index (χ2n) is 9.17. The first-order valence-corrected chi connectivity index (χ1v) is 10.8. The van der Waals surface area contributed by atoms with Gasteiger partial charge in [-0.3, -0.25) is 9.78 Å². The number of nitrogens with zero attached hydrogens (tertiary/aromatic N) is 1. The number of carbonyl (C=O) groups is 1. The number of allylic oxidation sites excluding steroid dienone is 2. The van der Waals surface area contributed by atoms with Crippen LogP contribution in [0.15, 0.2) is 30.6 Å². The molecule has 0 amide bonds. The van der Waals surface area contributed by atoms with E-state index in [-0.39, 0.29) is 36.4 Å². The summed E-state index contributed by atoms with van der Waals surface area (Å²) in [5.74, 6) is 2.09.